The molecule has 1 aromatic carbocycles. The average Bonchev–Trinajstić information content (AvgIpc) is 2.45. The Morgan fingerprint density at radius 2 is 1.91 bits per heavy atom. The molecule has 0 aliphatic rings. The van der Waals surface area contributed by atoms with Gasteiger partial charge in [0.15, 0.2) is 5.69 Å². The third-order valence-corrected chi connectivity index (χ3v) is 2.77. The lowest BCUT2D eigenvalue weighted by molar-refractivity contribution is -0.991. The molecular weight excluding hydrogens is 286 g/mol. The fourth-order valence-electron chi connectivity index (χ4n) is 1.74. The van der Waals surface area contributed by atoms with Gasteiger partial charge in [-0.15, -0.1) is 0 Å². The molecule has 0 spiro atoms. The second kappa shape index (κ2) is 6.24. The van der Waals surface area contributed by atoms with Gasteiger partial charge in [-0.1, -0.05) is 18.2 Å². The molecule has 0 aliphatic heterocycles. The van der Waals surface area contributed by atoms with E-state index in [1.165, 1.54) is 0 Å². The van der Waals surface area contributed by atoms with Crippen LogP contribution in [-0.2, 0) is 0 Å². The van der Waals surface area contributed by atoms with Gasteiger partial charge in [0.25, 0.3) is 0 Å². The second-order valence-electron chi connectivity index (χ2n) is 5.79. The highest BCUT2D eigenvalue weighted by Crippen LogP contribution is 2.12. The first-order chi connectivity index (χ1) is 10.3. The molecule has 118 valence electrons. The number of nitrogens with one attached hydrogen (secondary N) is 3. The van der Waals surface area contributed by atoms with E-state index < -0.39 is 10.8 Å². The van der Waals surface area contributed by atoms with Gasteiger partial charge in [-0.3, -0.25) is 4.79 Å². The normalized spacial score (nSPS) is 13.0. The van der Waals surface area contributed by atoms with Crippen molar-refractivity contribution in [1.29, 1.82) is 0 Å². The summed E-state index contributed by atoms with van der Waals surface area (Å²) < 4.78 is 1.15. The zero-order valence-corrected chi connectivity index (χ0v) is 12.6. The second-order valence-corrected chi connectivity index (χ2v) is 5.79. The van der Waals surface area contributed by atoms with Crippen molar-refractivity contribution in [2.24, 2.45) is 0 Å². The van der Waals surface area contributed by atoms with E-state index in [4.69, 9.17) is 0 Å². The molecule has 1 unspecified atom stereocenters. The highest BCUT2D eigenvalue weighted by atomic mass is 16.8. The molecule has 0 fully saturated rings. The summed E-state index contributed by atoms with van der Waals surface area (Å²) in [7, 11) is 0. The zero-order chi connectivity index (χ0) is 16.3. The highest BCUT2D eigenvalue weighted by molar-refractivity contribution is 5.58. The quantitative estimate of drug-likeness (QED) is 0.607. The zero-order valence-electron chi connectivity index (χ0n) is 12.6. The fraction of sp³-hybridized carbons (Fsp3) is 0.286. The number of anilines is 1. The molecule has 1 atom stereocenters. The Labute approximate surface area is 127 Å². The van der Waals surface area contributed by atoms with E-state index in [1.807, 2.05) is 26.8 Å². The van der Waals surface area contributed by atoms with Crippen molar-refractivity contribution in [2.45, 2.75) is 26.3 Å². The van der Waals surface area contributed by atoms with E-state index in [0.717, 1.165) is 10.9 Å². The highest BCUT2D eigenvalue weighted by Gasteiger charge is 2.19. The molecule has 0 saturated carbocycles. The first-order valence-corrected chi connectivity index (χ1v) is 6.74. The van der Waals surface area contributed by atoms with Gasteiger partial charge in [0.1, 0.15) is 6.20 Å². The van der Waals surface area contributed by atoms with Crippen molar-refractivity contribution in [3.63, 3.8) is 0 Å². The van der Waals surface area contributed by atoms with E-state index in [9.17, 15) is 15.2 Å². The van der Waals surface area contributed by atoms with Gasteiger partial charge in [-0.2, -0.15) is 15.0 Å². The Hall–Kier alpha value is -2.26. The van der Waals surface area contributed by atoms with Crippen molar-refractivity contribution in [2.75, 3.05) is 5.43 Å². The van der Waals surface area contributed by atoms with Crippen LogP contribution < -0.4 is 21.6 Å². The van der Waals surface area contributed by atoms with Crippen LogP contribution in [0.1, 0.15) is 20.8 Å². The maximum Gasteiger partial charge on any atom is 0.302 e. The van der Waals surface area contributed by atoms with Crippen molar-refractivity contribution >= 4 is 11.4 Å². The molecule has 8 heteroatoms. The van der Waals surface area contributed by atoms with Crippen LogP contribution in [0.15, 0.2) is 41.3 Å². The van der Waals surface area contributed by atoms with Gasteiger partial charge >= 0.3 is 5.56 Å². The molecule has 2 rings (SSSR count). The topological polar surface area (TPSA) is 107 Å². The molecule has 1 heterocycles. The van der Waals surface area contributed by atoms with Gasteiger partial charge in [0.2, 0.25) is 5.69 Å². The van der Waals surface area contributed by atoms with Gasteiger partial charge in [0.05, 0.1) is 5.69 Å². The van der Waals surface area contributed by atoms with Gasteiger partial charge in [-0.05, 0) is 32.9 Å². The summed E-state index contributed by atoms with van der Waals surface area (Å²) in [4.78, 5) is 12.5. The van der Waals surface area contributed by atoms with E-state index in [2.05, 4.69) is 16.0 Å². The molecule has 0 aliphatic carbocycles. The predicted molar refractivity (Wildman–Crippen MR) is 82.1 cm³/mol. The van der Waals surface area contributed by atoms with Crippen molar-refractivity contribution < 1.29 is 10.4 Å². The van der Waals surface area contributed by atoms with Crippen LogP contribution in [0.5, 0.6) is 0 Å². The summed E-state index contributed by atoms with van der Waals surface area (Å²) in [6.07, 6.45) is 1.16. The van der Waals surface area contributed by atoms with Crippen LogP contribution in [0.2, 0.25) is 0 Å². The standard InChI is InChI=1S/C14H19N5O3/c1-14(2,3)17-16-12-11(19(21)22)9-15-18(13(12)20)10-7-5-4-6-8-10/h4-9,16-17,19,21H,1-3H3. The average molecular weight is 305 g/mol. The Bertz CT molecular complexity index is 692. The molecule has 2 aromatic rings. The number of para-hydroxylation sites is 1. The van der Waals surface area contributed by atoms with Gasteiger partial charge < -0.3 is 10.6 Å². The third-order valence-electron chi connectivity index (χ3n) is 2.77. The van der Waals surface area contributed by atoms with Crippen LogP contribution in [-0.4, -0.2) is 20.5 Å². The van der Waals surface area contributed by atoms with Gasteiger partial charge in [0, 0.05) is 5.54 Å². The SMILES string of the molecule is CC(C)(C)NNc1c([NH+]([O-])O)cnn(-c2ccccc2)c1=O. The van der Waals surface area contributed by atoms with Crippen molar-refractivity contribution in [3.8, 4) is 5.69 Å². The number of aromatic nitrogens is 2. The van der Waals surface area contributed by atoms with Crippen LogP contribution in [0.25, 0.3) is 5.69 Å². The smallest absolute Gasteiger partial charge is 0.302 e. The first-order valence-electron chi connectivity index (χ1n) is 6.74. The molecule has 22 heavy (non-hydrogen) atoms. The van der Waals surface area contributed by atoms with Crippen LogP contribution in [0.4, 0.5) is 11.4 Å². The fourth-order valence-corrected chi connectivity index (χ4v) is 1.74. The predicted octanol–water partition coefficient (Wildman–Crippen LogP) is 0.351. The Morgan fingerprint density at radius 1 is 1.27 bits per heavy atom. The third kappa shape index (κ3) is 3.68. The molecule has 1 aromatic heterocycles. The summed E-state index contributed by atoms with van der Waals surface area (Å²) in [6.45, 7) is 5.66. The minimum atomic E-state index is -1.22. The molecular formula is C14H19N5O3. The van der Waals surface area contributed by atoms with E-state index in [0.29, 0.717) is 5.69 Å². The minimum absolute atomic E-state index is 0.0544. The summed E-state index contributed by atoms with van der Waals surface area (Å²) in [6, 6.07) is 8.80. The molecule has 0 radical (unpaired) electrons. The molecule has 8 nitrogen and oxygen atoms in total. The lowest BCUT2D eigenvalue weighted by Gasteiger charge is -2.23. The Balaban J connectivity index is 2.50. The van der Waals surface area contributed by atoms with E-state index in [-0.39, 0.29) is 16.9 Å². The number of hydrogen-bond acceptors (Lipinski definition) is 6. The molecule has 0 saturated heterocycles. The summed E-state index contributed by atoms with van der Waals surface area (Å²) in [5.74, 6) is 0. The van der Waals surface area contributed by atoms with Crippen molar-refractivity contribution in [3.05, 3.63) is 52.1 Å². The van der Waals surface area contributed by atoms with E-state index in [1.54, 1.807) is 24.3 Å². The van der Waals surface area contributed by atoms with E-state index >= 15 is 0 Å². The Kier molecular flexibility index (Phi) is 4.57. The number of rotatable bonds is 4. The van der Waals surface area contributed by atoms with Crippen LogP contribution in [0, 0.1) is 5.21 Å². The molecule has 0 bridgehead atoms. The number of hydrazine groups is 1. The van der Waals surface area contributed by atoms with Crippen LogP contribution in [0.3, 0.4) is 0 Å². The summed E-state index contributed by atoms with van der Waals surface area (Å²) in [5.41, 5.74) is 5.04. The summed E-state index contributed by atoms with van der Waals surface area (Å²) >= 11 is 0. The van der Waals surface area contributed by atoms with Crippen molar-refractivity contribution in [1.82, 2.24) is 15.2 Å². The molecule has 0 amide bonds. The number of nitrogens with zero attached hydrogens (tertiary/aromatic N) is 2. The lowest BCUT2D eigenvalue weighted by atomic mass is 10.1. The van der Waals surface area contributed by atoms with Crippen LogP contribution >= 0.6 is 0 Å². The minimum Gasteiger partial charge on any atom is -0.595 e. The number of hydrogen-bond donors (Lipinski definition) is 4. The summed E-state index contributed by atoms with van der Waals surface area (Å²) in [5, 5.41) is 23.2. The monoisotopic (exact) mass is 305 g/mol. The Morgan fingerprint density at radius 3 is 2.45 bits per heavy atom. The number of quaternary nitrogens is 1. The number of benzene rings is 1. The maximum absolute atomic E-state index is 12.5. The molecule has 4 N–H and O–H groups in total. The lowest BCUT2D eigenvalue weighted by Crippen LogP contribution is -2.99. The van der Waals surface area contributed by atoms with Gasteiger partial charge in [-0.25, -0.2) is 10.6 Å². The largest absolute Gasteiger partial charge is 0.595 e. The maximum atomic E-state index is 12.5. The first kappa shape index (κ1) is 16.1.